The van der Waals surface area contributed by atoms with Crippen molar-refractivity contribution < 1.29 is 9.21 Å². The molecule has 0 saturated carbocycles. The van der Waals surface area contributed by atoms with Crippen LogP contribution < -0.4 is 0 Å². The van der Waals surface area contributed by atoms with Crippen molar-refractivity contribution in [2.75, 3.05) is 0 Å². The van der Waals surface area contributed by atoms with Crippen molar-refractivity contribution in [3.63, 3.8) is 0 Å². The van der Waals surface area contributed by atoms with Gasteiger partial charge in [0, 0.05) is 11.6 Å². The van der Waals surface area contributed by atoms with Crippen molar-refractivity contribution in [1.82, 2.24) is 9.97 Å². The summed E-state index contributed by atoms with van der Waals surface area (Å²) >= 11 is 0. The summed E-state index contributed by atoms with van der Waals surface area (Å²) in [6.07, 6.45) is 4.83. The highest BCUT2D eigenvalue weighted by molar-refractivity contribution is 6.07. The van der Waals surface area contributed by atoms with Gasteiger partial charge < -0.3 is 4.42 Å². The smallest absolute Gasteiger partial charge is 0.172 e. The summed E-state index contributed by atoms with van der Waals surface area (Å²) < 4.78 is 5.35. The Labute approximate surface area is 103 Å². The van der Waals surface area contributed by atoms with E-state index in [1.54, 1.807) is 12.3 Å². The fourth-order valence-electron chi connectivity index (χ4n) is 1.88. The van der Waals surface area contributed by atoms with E-state index in [1.165, 1.54) is 12.6 Å². The topological polar surface area (TPSA) is 56.0 Å². The molecule has 4 nitrogen and oxygen atoms in total. The van der Waals surface area contributed by atoms with E-state index in [9.17, 15) is 4.79 Å². The molecule has 0 atom stereocenters. The highest BCUT2D eigenvalue weighted by Crippen LogP contribution is 2.21. The number of Topliss-reactive ketones (excluding diaryl/α,β-unsaturated/α-hetero) is 1. The zero-order chi connectivity index (χ0) is 12.4. The second-order valence-electron chi connectivity index (χ2n) is 3.95. The molecule has 3 aromatic rings. The van der Waals surface area contributed by atoms with Gasteiger partial charge in [-0.25, -0.2) is 9.97 Å². The third-order valence-electron chi connectivity index (χ3n) is 2.77. The Balaban J connectivity index is 1.93. The Morgan fingerprint density at radius 1 is 1.22 bits per heavy atom. The van der Waals surface area contributed by atoms with Crippen LogP contribution in [0.3, 0.4) is 0 Å². The Morgan fingerprint density at radius 2 is 2.11 bits per heavy atom. The molecule has 0 N–H and O–H groups in total. The van der Waals surface area contributed by atoms with Crippen molar-refractivity contribution in [3.05, 3.63) is 60.4 Å². The molecule has 0 fully saturated rings. The molecule has 0 aliphatic carbocycles. The molecule has 3 rings (SSSR count). The van der Waals surface area contributed by atoms with Gasteiger partial charge in [0.05, 0.1) is 17.7 Å². The minimum atomic E-state index is -0.00125. The molecule has 0 saturated heterocycles. The minimum absolute atomic E-state index is 0.00125. The zero-order valence-corrected chi connectivity index (χ0v) is 9.54. The number of hydrogen-bond donors (Lipinski definition) is 0. The summed E-state index contributed by atoms with van der Waals surface area (Å²) in [5.41, 5.74) is 2.04. The van der Waals surface area contributed by atoms with Gasteiger partial charge in [0.25, 0.3) is 0 Å². The maximum absolute atomic E-state index is 12.2. The van der Waals surface area contributed by atoms with Crippen molar-refractivity contribution in [1.29, 1.82) is 0 Å². The summed E-state index contributed by atoms with van der Waals surface area (Å²) in [6, 6.07) is 9.23. The summed E-state index contributed by atoms with van der Waals surface area (Å²) in [6.45, 7) is 0. The number of furan rings is 1. The standard InChI is InChI=1S/C14H10N2O2/c17-13(7-10-5-6-15-9-16-10)12-8-18-14-4-2-1-3-11(12)14/h1-6,8-9H,7H2. The van der Waals surface area contributed by atoms with Gasteiger partial charge in [0.15, 0.2) is 5.78 Å². The molecule has 4 heteroatoms. The van der Waals surface area contributed by atoms with E-state index >= 15 is 0 Å². The molecule has 0 aliphatic heterocycles. The van der Waals surface area contributed by atoms with Gasteiger partial charge in [-0.1, -0.05) is 18.2 Å². The fourth-order valence-corrected chi connectivity index (χ4v) is 1.88. The van der Waals surface area contributed by atoms with Crippen LogP contribution in [0.1, 0.15) is 16.1 Å². The third kappa shape index (κ3) is 1.88. The van der Waals surface area contributed by atoms with Crippen LogP contribution in [-0.2, 0) is 6.42 Å². The van der Waals surface area contributed by atoms with Crippen molar-refractivity contribution in [3.8, 4) is 0 Å². The Morgan fingerprint density at radius 3 is 2.94 bits per heavy atom. The largest absolute Gasteiger partial charge is 0.464 e. The molecule has 0 spiro atoms. The van der Waals surface area contributed by atoms with Crippen LogP contribution >= 0.6 is 0 Å². The highest BCUT2D eigenvalue weighted by atomic mass is 16.3. The van der Waals surface area contributed by atoms with Gasteiger partial charge in [-0.3, -0.25) is 4.79 Å². The van der Waals surface area contributed by atoms with Crippen LogP contribution in [-0.4, -0.2) is 15.8 Å². The van der Waals surface area contributed by atoms with E-state index < -0.39 is 0 Å². The van der Waals surface area contributed by atoms with Crippen LogP contribution in [0.2, 0.25) is 0 Å². The predicted molar refractivity (Wildman–Crippen MR) is 66.3 cm³/mol. The van der Waals surface area contributed by atoms with Gasteiger partial charge in [-0.2, -0.15) is 0 Å². The lowest BCUT2D eigenvalue weighted by atomic mass is 10.1. The molecule has 0 unspecified atom stereocenters. The fraction of sp³-hybridized carbons (Fsp3) is 0.0714. The normalized spacial score (nSPS) is 10.7. The van der Waals surface area contributed by atoms with E-state index in [2.05, 4.69) is 9.97 Å². The summed E-state index contributed by atoms with van der Waals surface area (Å²) in [5, 5.41) is 0.844. The lowest BCUT2D eigenvalue weighted by molar-refractivity contribution is 0.0992. The number of carbonyl (C=O) groups is 1. The molecule has 2 aromatic heterocycles. The predicted octanol–water partition coefficient (Wildman–Crippen LogP) is 2.65. The lowest BCUT2D eigenvalue weighted by Gasteiger charge is -1.98. The first-order valence-electron chi connectivity index (χ1n) is 5.59. The monoisotopic (exact) mass is 238 g/mol. The second kappa shape index (κ2) is 4.41. The molecular formula is C14H10N2O2. The number of para-hydroxylation sites is 1. The van der Waals surface area contributed by atoms with Gasteiger partial charge in [0.1, 0.15) is 18.2 Å². The van der Waals surface area contributed by atoms with Crippen LogP contribution in [0.4, 0.5) is 0 Å². The molecule has 0 amide bonds. The molecule has 0 bridgehead atoms. The first kappa shape index (κ1) is 10.7. The van der Waals surface area contributed by atoms with Gasteiger partial charge in [-0.15, -0.1) is 0 Å². The molecule has 1 aromatic carbocycles. The number of aromatic nitrogens is 2. The van der Waals surface area contributed by atoms with Crippen molar-refractivity contribution in [2.24, 2.45) is 0 Å². The lowest BCUT2D eigenvalue weighted by Crippen LogP contribution is -2.04. The van der Waals surface area contributed by atoms with Crippen LogP contribution in [0.5, 0.6) is 0 Å². The van der Waals surface area contributed by atoms with Gasteiger partial charge >= 0.3 is 0 Å². The molecule has 18 heavy (non-hydrogen) atoms. The summed E-state index contributed by atoms with van der Waals surface area (Å²) in [5.74, 6) is -0.00125. The summed E-state index contributed by atoms with van der Waals surface area (Å²) in [7, 11) is 0. The number of hydrogen-bond acceptors (Lipinski definition) is 4. The Hall–Kier alpha value is -2.49. The summed E-state index contributed by atoms with van der Waals surface area (Å²) in [4.78, 5) is 20.0. The van der Waals surface area contributed by atoms with Gasteiger partial charge in [0.2, 0.25) is 0 Å². The maximum Gasteiger partial charge on any atom is 0.172 e. The SMILES string of the molecule is O=C(Cc1ccncn1)c1coc2ccccc12. The Bertz CT molecular complexity index is 689. The van der Waals surface area contributed by atoms with Crippen molar-refractivity contribution >= 4 is 16.8 Å². The molecular weight excluding hydrogens is 228 g/mol. The first-order chi connectivity index (χ1) is 8.84. The third-order valence-corrected chi connectivity index (χ3v) is 2.77. The molecule has 0 aliphatic rings. The van der Waals surface area contributed by atoms with Crippen LogP contribution in [0.25, 0.3) is 11.0 Å². The zero-order valence-electron chi connectivity index (χ0n) is 9.54. The number of rotatable bonds is 3. The molecule has 2 heterocycles. The molecule has 0 radical (unpaired) electrons. The first-order valence-corrected chi connectivity index (χ1v) is 5.59. The van der Waals surface area contributed by atoms with Gasteiger partial charge in [-0.05, 0) is 12.1 Å². The van der Waals surface area contributed by atoms with E-state index in [-0.39, 0.29) is 12.2 Å². The number of ketones is 1. The average molecular weight is 238 g/mol. The quantitative estimate of drug-likeness (QED) is 0.658. The van der Waals surface area contributed by atoms with E-state index in [0.717, 1.165) is 11.0 Å². The highest BCUT2D eigenvalue weighted by Gasteiger charge is 2.14. The number of nitrogens with zero attached hydrogens (tertiary/aromatic N) is 2. The van der Waals surface area contributed by atoms with E-state index in [1.807, 2.05) is 24.3 Å². The maximum atomic E-state index is 12.2. The van der Waals surface area contributed by atoms with Crippen LogP contribution in [0.15, 0.2) is 53.5 Å². The number of fused-ring (bicyclic) bond motifs is 1. The number of benzene rings is 1. The van der Waals surface area contributed by atoms with E-state index in [4.69, 9.17) is 4.42 Å². The average Bonchev–Trinajstić information content (AvgIpc) is 2.84. The van der Waals surface area contributed by atoms with E-state index in [0.29, 0.717) is 11.3 Å². The minimum Gasteiger partial charge on any atom is -0.464 e. The Kier molecular flexibility index (Phi) is 2.61. The molecule has 88 valence electrons. The van der Waals surface area contributed by atoms with Crippen LogP contribution in [0, 0.1) is 0 Å². The number of carbonyl (C=O) groups excluding carboxylic acids is 1. The van der Waals surface area contributed by atoms with Crippen molar-refractivity contribution in [2.45, 2.75) is 6.42 Å². The second-order valence-corrected chi connectivity index (χ2v) is 3.95.